The molecule has 0 fully saturated rings. The first-order valence-corrected chi connectivity index (χ1v) is 8.99. The van der Waals surface area contributed by atoms with E-state index < -0.39 is 23.6 Å². The van der Waals surface area contributed by atoms with Crippen molar-refractivity contribution in [2.24, 2.45) is 0 Å². The van der Waals surface area contributed by atoms with Gasteiger partial charge in [-0.3, -0.25) is 4.79 Å². The summed E-state index contributed by atoms with van der Waals surface area (Å²) < 4.78 is 49.6. The Labute approximate surface area is 164 Å². The Balaban J connectivity index is 1.82. The molecule has 0 aliphatic carbocycles. The Morgan fingerprint density at radius 3 is 2.52 bits per heavy atom. The summed E-state index contributed by atoms with van der Waals surface area (Å²) in [6.07, 6.45) is -4.57. The van der Waals surface area contributed by atoms with E-state index in [0.29, 0.717) is 17.0 Å². The van der Waals surface area contributed by atoms with Crippen LogP contribution in [0, 0.1) is 0 Å². The highest BCUT2D eigenvalue weighted by Crippen LogP contribution is 2.47. The van der Waals surface area contributed by atoms with E-state index in [-0.39, 0.29) is 30.4 Å². The summed E-state index contributed by atoms with van der Waals surface area (Å²) >= 11 is 0. The van der Waals surface area contributed by atoms with E-state index in [1.807, 2.05) is 0 Å². The summed E-state index contributed by atoms with van der Waals surface area (Å²) in [6, 6.07) is 11.3. The minimum atomic E-state index is -4.48. The Kier molecular flexibility index (Phi) is 4.56. The molecule has 0 N–H and O–H groups in total. The molecular formula is C21H16F3NO4. The van der Waals surface area contributed by atoms with Gasteiger partial charge in [-0.25, -0.2) is 9.69 Å². The van der Waals surface area contributed by atoms with E-state index in [1.165, 1.54) is 17.0 Å². The van der Waals surface area contributed by atoms with Crippen LogP contribution in [0.1, 0.15) is 30.4 Å². The second-order valence-electron chi connectivity index (χ2n) is 6.61. The third kappa shape index (κ3) is 3.24. The molecule has 2 aromatic carbocycles. The van der Waals surface area contributed by atoms with Gasteiger partial charge in [-0.1, -0.05) is 24.3 Å². The molecule has 2 aromatic rings. The van der Waals surface area contributed by atoms with Gasteiger partial charge in [0.2, 0.25) is 11.8 Å². The second kappa shape index (κ2) is 6.95. The normalized spacial score (nSPS) is 18.3. The van der Waals surface area contributed by atoms with Crippen LogP contribution in [0.15, 0.2) is 60.0 Å². The van der Waals surface area contributed by atoms with E-state index >= 15 is 0 Å². The van der Waals surface area contributed by atoms with Crippen LogP contribution in [0.5, 0.6) is 5.75 Å². The maximum Gasteiger partial charge on any atom is 0.416 e. The Morgan fingerprint density at radius 2 is 1.86 bits per heavy atom. The Bertz CT molecular complexity index is 1010. The number of hydrogen-bond donors (Lipinski definition) is 0. The van der Waals surface area contributed by atoms with Crippen LogP contribution in [0.4, 0.5) is 18.9 Å². The first-order chi connectivity index (χ1) is 13.8. The number of benzene rings is 2. The fourth-order valence-corrected chi connectivity index (χ4v) is 3.55. The lowest BCUT2D eigenvalue weighted by Gasteiger charge is -2.30. The average Bonchev–Trinajstić information content (AvgIpc) is 3.07. The molecule has 29 heavy (non-hydrogen) atoms. The molecule has 1 amide bonds. The molecule has 0 bridgehead atoms. The number of anilines is 1. The number of amides is 1. The Hall–Kier alpha value is -3.29. The summed E-state index contributed by atoms with van der Waals surface area (Å²) in [5.74, 6) is -1.29. The SMILES string of the molecule is CCOC(=O)C1=C2Oc3ccccc3N2C(=O)C[C@@H]1c1ccc(C(F)(F)F)cc1. The maximum atomic E-state index is 12.9. The van der Waals surface area contributed by atoms with E-state index in [2.05, 4.69) is 0 Å². The minimum Gasteiger partial charge on any atom is -0.462 e. The lowest BCUT2D eigenvalue weighted by molar-refractivity contribution is -0.139. The van der Waals surface area contributed by atoms with Gasteiger partial charge in [0, 0.05) is 12.3 Å². The summed E-state index contributed by atoms with van der Waals surface area (Å²) in [6.45, 7) is 1.75. The van der Waals surface area contributed by atoms with Crippen molar-refractivity contribution in [1.29, 1.82) is 0 Å². The smallest absolute Gasteiger partial charge is 0.416 e. The standard InChI is InChI=1S/C21H16F3NO4/c1-2-28-20(27)18-14(12-7-9-13(10-8-12)21(22,23)24)11-17(26)25-15-5-3-4-6-16(15)29-19(18)25/h3-10,14H,2,11H2,1H3/t14-/m1/s1. The van der Waals surface area contributed by atoms with Gasteiger partial charge in [0.15, 0.2) is 5.75 Å². The lowest BCUT2D eigenvalue weighted by atomic mass is 9.85. The summed E-state index contributed by atoms with van der Waals surface area (Å²) in [5.41, 5.74) is 0.226. The lowest BCUT2D eigenvalue weighted by Crippen LogP contribution is -2.38. The fourth-order valence-electron chi connectivity index (χ4n) is 3.55. The number of carbonyl (C=O) groups excluding carboxylic acids is 2. The molecule has 0 unspecified atom stereocenters. The first-order valence-electron chi connectivity index (χ1n) is 8.99. The molecule has 2 heterocycles. The first kappa shape index (κ1) is 19.0. The Morgan fingerprint density at radius 1 is 1.17 bits per heavy atom. The number of para-hydroxylation sites is 2. The van der Waals surface area contributed by atoms with Crippen molar-refractivity contribution in [2.45, 2.75) is 25.4 Å². The van der Waals surface area contributed by atoms with E-state index in [1.54, 1.807) is 31.2 Å². The number of hydrogen-bond acceptors (Lipinski definition) is 4. The van der Waals surface area contributed by atoms with Gasteiger partial charge in [-0.2, -0.15) is 13.2 Å². The number of rotatable bonds is 3. The van der Waals surface area contributed by atoms with Crippen LogP contribution in [0.25, 0.3) is 0 Å². The molecule has 150 valence electrons. The molecule has 0 saturated heterocycles. The number of halogens is 3. The van der Waals surface area contributed by atoms with Crippen LogP contribution in [-0.2, 0) is 20.5 Å². The predicted molar refractivity (Wildman–Crippen MR) is 97.0 cm³/mol. The number of fused-ring (bicyclic) bond motifs is 3. The molecule has 0 spiro atoms. The molecule has 8 heteroatoms. The van der Waals surface area contributed by atoms with Gasteiger partial charge in [-0.05, 0) is 36.8 Å². The molecule has 0 radical (unpaired) electrons. The molecule has 2 aliphatic rings. The molecule has 1 atom stereocenters. The zero-order valence-electron chi connectivity index (χ0n) is 15.3. The van der Waals surface area contributed by atoms with Crippen molar-refractivity contribution in [3.63, 3.8) is 0 Å². The second-order valence-corrected chi connectivity index (χ2v) is 6.61. The monoisotopic (exact) mass is 403 g/mol. The highest BCUT2D eigenvalue weighted by molar-refractivity contribution is 6.06. The van der Waals surface area contributed by atoms with Crippen molar-refractivity contribution >= 4 is 17.6 Å². The molecule has 0 saturated carbocycles. The van der Waals surface area contributed by atoms with Crippen LogP contribution >= 0.6 is 0 Å². The van der Waals surface area contributed by atoms with Crippen molar-refractivity contribution in [3.05, 3.63) is 71.1 Å². The largest absolute Gasteiger partial charge is 0.462 e. The van der Waals surface area contributed by atoms with Gasteiger partial charge in [0.1, 0.15) is 5.57 Å². The van der Waals surface area contributed by atoms with E-state index in [0.717, 1.165) is 12.1 Å². The molecule has 2 aliphatic heterocycles. The van der Waals surface area contributed by atoms with Crippen molar-refractivity contribution < 1.29 is 32.2 Å². The van der Waals surface area contributed by atoms with Crippen LogP contribution in [-0.4, -0.2) is 18.5 Å². The summed E-state index contributed by atoms with van der Waals surface area (Å²) in [4.78, 5) is 26.9. The highest BCUT2D eigenvalue weighted by atomic mass is 19.4. The number of esters is 1. The highest BCUT2D eigenvalue weighted by Gasteiger charge is 2.45. The summed E-state index contributed by atoms with van der Waals surface area (Å²) in [5, 5.41) is 0. The van der Waals surface area contributed by atoms with Gasteiger partial charge in [-0.15, -0.1) is 0 Å². The van der Waals surface area contributed by atoms with Gasteiger partial charge >= 0.3 is 12.1 Å². The topological polar surface area (TPSA) is 55.8 Å². The molecular weight excluding hydrogens is 387 g/mol. The molecule has 4 rings (SSSR count). The summed E-state index contributed by atoms with van der Waals surface area (Å²) in [7, 11) is 0. The van der Waals surface area contributed by atoms with Crippen molar-refractivity contribution in [2.75, 3.05) is 11.5 Å². The van der Waals surface area contributed by atoms with Gasteiger partial charge in [0.05, 0.1) is 17.9 Å². The van der Waals surface area contributed by atoms with Gasteiger partial charge in [0.25, 0.3) is 0 Å². The van der Waals surface area contributed by atoms with Gasteiger partial charge < -0.3 is 9.47 Å². The third-order valence-electron chi connectivity index (χ3n) is 4.86. The quantitative estimate of drug-likeness (QED) is 0.714. The van der Waals surface area contributed by atoms with Crippen molar-refractivity contribution in [1.82, 2.24) is 0 Å². The van der Waals surface area contributed by atoms with Crippen molar-refractivity contribution in [3.8, 4) is 5.75 Å². The van der Waals surface area contributed by atoms with Crippen LogP contribution in [0.2, 0.25) is 0 Å². The number of alkyl halides is 3. The van der Waals surface area contributed by atoms with Crippen LogP contribution < -0.4 is 9.64 Å². The van der Waals surface area contributed by atoms with E-state index in [9.17, 15) is 22.8 Å². The van der Waals surface area contributed by atoms with E-state index in [4.69, 9.17) is 9.47 Å². The van der Waals surface area contributed by atoms with Crippen LogP contribution in [0.3, 0.4) is 0 Å². The molecule has 5 nitrogen and oxygen atoms in total. The fraction of sp³-hybridized carbons (Fsp3) is 0.238. The zero-order chi connectivity index (χ0) is 20.8. The maximum absolute atomic E-state index is 12.9. The third-order valence-corrected chi connectivity index (χ3v) is 4.86. The minimum absolute atomic E-state index is 0.0470. The number of ether oxygens (including phenoxy) is 2. The average molecular weight is 403 g/mol. The molecule has 0 aromatic heterocycles. The predicted octanol–water partition coefficient (Wildman–Crippen LogP) is 4.39. The number of carbonyl (C=O) groups is 2. The number of nitrogens with zero attached hydrogens (tertiary/aromatic N) is 1. The zero-order valence-corrected chi connectivity index (χ0v) is 15.3.